The Hall–Kier alpha value is 1.36. The fourth-order valence-electron chi connectivity index (χ4n) is 0. The summed E-state index contributed by atoms with van der Waals surface area (Å²) in [6, 6.07) is 0. The molecule has 0 heterocycles. The molecule has 68 valence electrons. The van der Waals surface area contributed by atoms with Crippen LogP contribution in [0.4, 0.5) is 0 Å². The molecule has 0 rings (SSSR count). The van der Waals surface area contributed by atoms with E-state index in [0.717, 1.165) is 0 Å². The van der Waals surface area contributed by atoms with Crippen molar-refractivity contribution in [1.82, 2.24) is 0 Å². The van der Waals surface area contributed by atoms with Crippen molar-refractivity contribution in [2.75, 3.05) is 0 Å². The topological polar surface area (TPSA) is 220 Å². The van der Waals surface area contributed by atoms with Gasteiger partial charge in [0.2, 0.25) is 0 Å². The van der Waals surface area contributed by atoms with E-state index in [-0.39, 0.29) is 91.6 Å². The summed E-state index contributed by atoms with van der Waals surface area (Å²) in [5.74, 6) is 0. The predicted molar refractivity (Wildman–Crippen MR) is 32.5 cm³/mol. The Bertz CT molecular complexity index is 8.88. The molecule has 0 saturated carbocycles. The van der Waals surface area contributed by atoms with Crippen LogP contribution in [0.2, 0.25) is 0 Å². The Balaban J connectivity index is 0. The molecule has 0 fully saturated rings. The Morgan fingerprint density at radius 1 is 0.333 bits per heavy atom. The summed E-state index contributed by atoms with van der Waals surface area (Å²) in [5.41, 5.74) is 0. The van der Waals surface area contributed by atoms with Crippen LogP contribution < -0.4 is 0 Å². The van der Waals surface area contributed by atoms with E-state index in [9.17, 15) is 0 Å². The standard InChI is InChI=1S/ClH.Nd.7H2O/h1H;;7*1H2. The van der Waals surface area contributed by atoms with Gasteiger partial charge in [-0.3, -0.25) is 0 Å². The first-order valence-corrected chi connectivity index (χ1v) is 0. The molecule has 0 aliphatic heterocycles. The van der Waals surface area contributed by atoms with Crippen molar-refractivity contribution in [3.05, 3.63) is 0 Å². The summed E-state index contributed by atoms with van der Waals surface area (Å²) in [4.78, 5) is 0. The zero-order valence-corrected chi connectivity index (χ0v) is 8.43. The van der Waals surface area contributed by atoms with Gasteiger partial charge in [0.1, 0.15) is 0 Å². The van der Waals surface area contributed by atoms with Crippen molar-refractivity contribution >= 4 is 12.4 Å². The zero-order valence-electron chi connectivity index (χ0n) is 4.41. The third-order valence-electron chi connectivity index (χ3n) is 0. The quantitative estimate of drug-likeness (QED) is 0.409. The Morgan fingerprint density at radius 2 is 0.333 bits per heavy atom. The van der Waals surface area contributed by atoms with Crippen molar-refractivity contribution in [2.45, 2.75) is 0 Å². The van der Waals surface area contributed by atoms with Crippen LogP contribution in [-0.4, -0.2) is 38.3 Å². The van der Waals surface area contributed by atoms with E-state index in [2.05, 4.69) is 0 Å². The molecule has 0 atom stereocenters. The second-order valence-corrected chi connectivity index (χ2v) is 0. The van der Waals surface area contributed by atoms with Gasteiger partial charge in [0.15, 0.2) is 0 Å². The maximum Gasteiger partial charge on any atom is 0 e. The van der Waals surface area contributed by atoms with Gasteiger partial charge < -0.3 is 38.3 Å². The summed E-state index contributed by atoms with van der Waals surface area (Å²) in [6.07, 6.45) is 0. The largest absolute Gasteiger partial charge is 0.412 e. The van der Waals surface area contributed by atoms with Crippen LogP contribution >= 0.6 is 12.4 Å². The van der Waals surface area contributed by atoms with Crippen molar-refractivity contribution in [2.24, 2.45) is 0 Å². The molecule has 0 aliphatic carbocycles. The van der Waals surface area contributed by atoms with Crippen molar-refractivity contribution in [3.8, 4) is 0 Å². The van der Waals surface area contributed by atoms with Crippen LogP contribution in [0.15, 0.2) is 0 Å². The fraction of sp³-hybridized carbons (Fsp3) is 0. The second-order valence-electron chi connectivity index (χ2n) is 0. The molecule has 9 heteroatoms. The SMILES string of the molecule is Cl.O.O.O.O.O.O.O.[Nd]. The van der Waals surface area contributed by atoms with Crippen molar-refractivity contribution < 1.29 is 79.2 Å². The van der Waals surface area contributed by atoms with Gasteiger partial charge in [-0.15, -0.1) is 12.4 Å². The van der Waals surface area contributed by atoms with Crippen LogP contribution in [0.5, 0.6) is 0 Å². The maximum absolute atomic E-state index is 0. The molecule has 0 aromatic heterocycles. The molecule has 0 aromatic carbocycles. The molecular formula is H15ClNdO7. The third kappa shape index (κ3) is 274. The smallest absolute Gasteiger partial charge is 0 e. The average Bonchev–Trinajstić information content (AvgIpc) is 0. The van der Waals surface area contributed by atoms with Gasteiger partial charge >= 0.3 is 0 Å². The van der Waals surface area contributed by atoms with E-state index in [4.69, 9.17) is 0 Å². The molecule has 7 nitrogen and oxygen atoms in total. The van der Waals surface area contributed by atoms with Gasteiger partial charge in [-0.2, -0.15) is 0 Å². The molecule has 0 radical (unpaired) electrons. The molecule has 0 saturated heterocycles. The maximum atomic E-state index is 0. The van der Waals surface area contributed by atoms with Gasteiger partial charge in [-0.1, -0.05) is 0 Å². The summed E-state index contributed by atoms with van der Waals surface area (Å²) < 4.78 is 0. The minimum absolute atomic E-state index is 0. The first-order chi connectivity index (χ1) is 0. The molecule has 0 spiro atoms. The number of halogens is 1. The van der Waals surface area contributed by atoms with Gasteiger partial charge in [0, 0.05) is 40.8 Å². The normalized spacial score (nSPS) is 0. The van der Waals surface area contributed by atoms with E-state index >= 15 is 0 Å². The summed E-state index contributed by atoms with van der Waals surface area (Å²) in [5, 5.41) is 0. The second kappa shape index (κ2) is 353. The molecule has 0 unspecified atom stereocenters. The number of hydrogen-bond donors (Lipinski definition) is 0. The molecule has 0 aromatic rings. The molecule has 14 N–H and O–H groups in total. The summed E-state index contributed by atoms with van der Waals surface area (Å²) in [6.45, 7) is 0. The van der Waals surface area contributed by atoms with E-state index in [1.807, 2.05) is 0 Å². The van der Waals surface area contributed by atoms with Crippen molar-refractivity contribution in [1.29, 1.82) is 0 Å². The molecular weight excluding hydrogens is 292 g/mol. The van der Waals surface area contributed by atoms with Crippen LogP contribution in [-0.2, 0) is 0 Å². The Morgan fingerprint density at radius 3 is 0.333 bits per heavy atom. The monoisotopic (exact) mass is 304 g/mol. The van der Waals surface area contributed by atoms with Gasteiger partial charge in [0.25, 0.3) is 0 Å². The van der Waals surface area contributed by atoms with Crippen molar-refractivity contribution in [3.63, 3.8) is 0 Å². The molecule has 0 bridgehead atoms. The summed E-state index contributed by atoms with van der Waals surface area (Å²) in [7, 11) is 0. The van der Waals surface area contributed by atoms with Gasteiger partial charge in [-0.25, -0.2) is 0 Å². The fourth-order valence-corrected chi connectivity index (χ4v) is 0. The minimum atomic E-state index is 0. The molecule has 9 heavy (non-hydrogen) atoms. The van der Waals surface area contributed by atoms with Crippen LogP contribution in [0, 0.1) is 40.8 Å². The van der Waals surface area contributed by atoms with E-state index in [0.29, 0.717) is 0 Å². The van der Waals surface area contributed by atoms with E-state index < -0.39 is 0 Å². The molecule has 0 amide bonds. The molecule has 0 aliphatic rings. The van der Waals surface area contributed by atoms with Crippen LogP contribution in [0.1, 0.15) is 0 Å². The first-order valence-electron chi connectivity index (χ1n) is 0. The van der Waals surface area contributed by atoms with E-state index in [1.54, 1.807) is 0 Å². The Labute approximate surface area is 90.9 Å². The number of rotatable bonds is 0. The third-order valence-corrected chi connectivity index (χ3v) is 0. The van der Waals surface area contributed by atoms with Crippen LogP contribution in [0.25, 0.3) is 0 Å². The van der Waals surface area contributed by atoms with Gasteiger partial charge in [-0.05, 0) is 0 Å². The minimum Gasteiger partial charge on any atom is -0.412 e. The summed E-state index contributed by atoms with van der Waals surface area (Å²) >= 11 is 0. The zero-order chi connectivity index (χ0) is 0. The average molecular weight is 307 g/mol. The van der Waals surface area contributed by atoms with E-state index in [1.165, 1.54) is 0 Å². The predicted octanol–water partition coefficient (Wildman–Crippen LogP) is -5.35. The van der Waals surface area contributed by atoms with Gasteiger partial charge in [0.05, 0.1) is 0 Å². The Kier molecular flexibility index (Phi) is 19300. The van der Waals surface area contributed by atoms with Crippen LogP contribution in [0.3, 0.4) is 0 Å². The number of hydrogen-bond acceptors (Lipinski definition) is 0. The first kappa shape index (κ1) is 490.